The standard InChI is InChI=1S/C16H29N3O/c17-13-6-5-12(11-13)16(20)18-14-7-9-19(10-8-14)15-3-1-2-4-15/h12-15H,1-11,17H2,(H,18,20). The van der Waals surface area contributed by atoms with Gasteiger partial charge in [-0.05, 0) is 44.9 Å². The highest BCUT2D eigenvalue weighted by molar-refractivity contribution is 5.79. The van der Waals surface area contributed by atoms with E-state index in [-0.39, 0.29) is 17.9 Å². The summed E-state index contributed by atoms with van der Waals surface area (Å²) >= 11 is 0. The predicted octanol–water partition coefficient (Wildman–Crippen LogP) is 1.64. The molecule has 20 heavy (non-hydrogen) atoms. The Kier molecular flexibility index (Phi) is 4.61. The summed E-state index contributed by atoms with van der Waals surface area (Å²) in [6, 6.07) is 1.48. The number of hydrogen-bond acceptors (Lipinski definition) is 3. The molecule has 3 aliphatic rings. The van der Waals surface area contributed by atoms with Crippen LogP contribution in [0.5, 0.6) is 0 Å². The molecule has 1 aliphatic heterocycles. The van der Waals surface area contributed by atoms with E-state index >= 15 is 0 Å². The molecule has 2 aliphatic carbocycles. The Hall–Kier alpha value is -0.610. The van der Waals surface area contributed by atoms with Crippen LogP contribution in [0.2, 0.25) is 0 Å². The van der Waals surface area contributed by atoms with E-state index in [0.717, 1.165) is 38.1 Å². The zero-order chi connectivity index (χ0) is 13.9. The average Bonchev–Trinajstić information content (AvgIpc) is 3.10. The number of likely N-dealkylation sites (tertiary alicyclic amines) is 1. The first kappa shape index (κ1) is 14.3. The van der Waals surface area contributed by atoms with E-state index < -0.39 is 0 Å². The number of rotatable bonds is 3. The Labute approximate surface area is 122 Å². The summed E-state index contributed by atoms with van der Waals surface area (Å²) in [6.07, 6.45) is 10.7. The fraction of sp³-hybridized carbons (Fsp3) is 0.938. The van der Waals surface area contributed by atoms with Gasteiger partial charge in [0.2, 0.25) is 5.91 Å². The molecule has 4 nitrogen and oxygen atoms in total. The van der Waals surface area contributed by atoms with Gasteiger partial charge in [-0.25, -0.2) is 0 Å². The zero-order valence-electron chi connectivity index (χ0n) is 12.5. The van der Waals surface area contributed by atoms with Crippen molar-refractivity contribution in [3.63, 3.8) is 0 Å². The minimum atomic E-state index is 0.179. The molecule has 1 amide bonds. The third-order valence-corrected chi connectivity index (χ3v) is 5.56. The molecule has 114 valence electrons. The normalized spacial score (nSPS) is 33.6. The first-order valence-electron chi connectivity index (χ1n) is 8.52. The Morgan fingerprint density at radius 3 is 2.30 bits per heavy atom. The number of nitrogens with two attached hydrogens (primary N) is 1. The molecule has 0 aromatic carbocycles. The molecule has 2 saturated carbocycles. The van der Waals surface area contributed by atoms with Gasteiger partial charge < -0.3 is 16.0 Å². The van der Waals surface area contributed by atoms with Crippen LogP contribution in [0, 0.1) is 5.92 Å². The number of nitrogens with zero attached hydrogens (tertiary/aromatic N) is 1. The number of amides is 1. The maximum absolute atomic E-state index is 12.2. The van der Waals surface area contributed by atoms with Crippen LogP contribution in [0.4, 0.5) is 0 Å². The zero-order valence-corrected chi connectivity index (χ0v) is 12.5. The van der Waals surface area contributed by atoms with Gasteiger partial charge in [0.15, 0.2) is 0 Å². The van der Waals surface area contributed by atoms with Crippen molar-refractivity contribution in [3.05, 3.63) is 0 Å². The molecule has 0 aromatic heterocycles. The van der Waals surface area contributed by atoms with Crippen LogP contribution in [0.1, 0.15) is 57.8 Å². The van der Waals surface area contributed by atoms with Gasteiger partial charge in [-0.15, -0.1) is 0 Å². The van der Waals surface area contributed by atoms with E-state index in [1.807, 2.05) is 0 Å². The maximum Gasteiger partial charge on any atom is 0.223 e. The largest absolute Gasteiger partial charge is 0.353 e. The third kappa shape index (κ3) is 3.34. The summed E-state index contributed by atoms with van der Waals surface area (Å²) in [5.41, 5.74) is 5.90. The van der Waals surface area contributed by atoms with Crippen molar-refractivity contribution >= 4 is 5.91 Å². The summed E-state index contributed by atoms with van der Waals surface area (Å²) in [6.45, 7) is 2.33. The quantitative estimate of drug-likeness (QED) is 0.825. The fourth-order valence-electron chi connectivity index (χ4n) is 4.25. The molecule has 0 spiro atoms. The van der Waals surface area contributed by atoms with E-state index in [1.165, 1.54) is 38.8 Å². The number of carbonyl (C=O) groups is 1. The molecule has 2 atom stereocenters. The van der Waals surface area contributed by atoms with Gasteiger partial charge in [0, 0.05) is 37.1 Å². The van der Waals surface area contributed by atoms with Crippen LogP contribution in [-0.2, 0) is 4.79 Å². The van der Waals surface area contributed by atoms with Gasteiger partial charge in [-0.2, -0.15) is 0 Å². The smallest absolute Gasteiger partial charge is 0.223 e. The minimum absolute atomic E-state index is 0.179. The maximum atomic E-state index is 12.2. The van der Waals surface area contributed by atoms with Crippen LogP contribution in [0.25, 0.3) is 0 Å². The lowest BCUT2D eigenvalue weighted by Crippen LogP contribution is -2.48. The number of piperidine rings is 1. The van der Waals surface area contributed by atoms with Gasteiger partial charge >= 0.3 is 0 Å². The second-order valence-corrected chi connectivity index (χ2v) is 7.03. The van der Waals surface area contributed by atoms with Gasteiger partial charge in [-0.1, -0.05) is 12.8 Å². The molecule has 2 unspecified atom stereocenters. The first-order valence-corrected chi connectivity index (χ1v) is 8.52. The molecule has 0 radical (unpaired) electrons. The van der Waals surface area contributed by atoms with E-state index in [2.05, 4.69) is 10.2 Å². The lowest BCUT2D eigenvalue weighted by atomic mass is 10.0. The third-order valence-electron chi connectivity index (χ3n) is 5.56. The molecule has 0 aromatic rings. The van der Waals surface area contributed by atoms with Crippen LogP contribution in [0.3, 0.4) is 0 Å². The Morgan fingerprint density at radius 2 is 1.70 bits per heavy atom. The van der Waals surface area contributed by atoms with Crippen molar-refractivity contribution in [2.24, 2.45) is 11.7 Å². The molecule has 0 bridgehead atoms. The molecule has 1 saturated heterocycles. The molecule has 3 N–H and O–H groups in total. The molecule has 3 fully saturated rings. The van der Waals surface area contributed by atoms with Crippen molar-refractivity contribution in [1.29, 1.82) is 0 Å². The predicted molar refractivity (Wildman–Crippen MR) is 80.3 cm³/mol. The molecular weight excluding hydrogens is 250 g/mol. The molecular formula is C16H29N3O. The molecule has 1 heterocycles. The Bertz CT molecular complexity index is 333. The van der Waals surface area contributed by atoms with Crippen molar-refractivity contribution < 1.29 is 4.79 Å². The number of hydrogen-bond donors (Lipinski definition) is 2. The highest BCUT2D eigenvalue weighted by Crippen LogP contribution is 2.27. The summed E-state index contributed by atoms with van der Waals surface area (Å²) in [7, 11) is 0. The molecule has 3 rings (SSSR count). The van der Waals surface area contributed by atoms with Crippen LogP contribution < -0.4 is 11.1 Å². The topological polar surface area (TPSA) is 58.4 Å². The SMILES string of the molecule is NC1CCC(C(=O)NC2CCN(C3CCCC3)CC2)C1. The van der Waals surface area contributed by atoms with Gasteiger partial charge in [-0.3, -0.25) is 4.79 Å². The van der Waals surface area contributed by atoms with E-state index in [9.17, 15) is 4.79 Å². The summed E-state index contributed by atoms with van der Waals surface area (Å²) in [5, 5.41) is 3.27. The summed E-state index contributed by atoms with van der Waals surface area (Å²) in [4.78, 5) is 14.9. The van der Waals surface area contributed by atoms with Gasteiger partial charge in [0.1, 0.15) is 0 Å². The van der Waals surface area contributed by atoms with Crippen LogP contribution in [-0.4, -0.2) is 42.0 Å². The van der Waals surface area contributed by atoms with Crippen molar-refractivity contribution in [3.8, 4) is 0 Å². The van der Waals surface area contributed by atoms with E-state index in [4.69, 9.17) is 5.73 Å². The summed E-state index contributed by atoms with van der Waals surface area (Å²) < 4.78 is 0. The molecule has 4 heteroatoms. The fourth-order valence-corrected chi connectivity index (χ4v) is 4.25. The lowest BCUT2D eigenvalue weighted by molar-refractivity contribution is -0.125. The first-order chi connectivity index (χ1) is 9.72. The number of nitrogens with one attached hydrogen (secondary N) is 1. The van der Waals surface area contributed by atoms with Gasteiger partial charge in [0.25, 0.3) is 0 Å². The van der Waals surface area contributed by atoms with Gasteiger partial charge in [0.05, 0.1) is 0 Å². The Morgan fingerprint density at radius 1 is 1.00 bits per heavy atom. The van der Waals surface area contributed by atoms with E-state index in [1.54, 1.807) is 0 Å². The van der Waals surface area contributed by atoms with Crippen molar-refractivity contribution in [2.75, 3.05) is 13.1 Å². The second kappa shape index (κ2) is 6.44. The van der Waals surface area contributed by atoms with Crippen LogP contribution >= 0.6 is 0 Å². The van der Waals surface area contributed by atoms with Crippen molar-refractivity contribution in [2.45, 2.75) is 75.9 Å². The van der Waals surface area contributed by atoms with Crippen molar-refractivity contribution in [1.82, 2.24) is 10.2 Å². The second-order valence-electron chi connectivity index (χ2n) is 7.03. The highest BCUT2D eigenvalue weighted by atomic mass is 16.1. The van der Waals surface area contributed by atoms with E-state index in [0.29, 0.717) is 6.04 Å². The van der Waals surface area contributed by atoms with Crippen LogP contribution in [0.15, 0.2) is 0 Å². The Balaban J connectivity index is 1.40. The number of carbonyl (C=O) groups excluding carboxylic acids is 1. The minimum Gasteiger partial charge on any atom is -0.353 e. The average molecular weight is 279 g/mol. The monoisotopic (exact) mass is 279 g/mol. The highest BCUT2D eigenvalue weighted by Gasteiger charge is 2.31. The summed E-state index contributed by atoms with van der Waals surface area (Å²) in [5.74, 6) is 0.440. The lowest BCUT2D eigenvalue weighted by Gasteiger charge is -2.36.